The van der Waals surface area contributed by atoms with Crippen LogP contribution in [0.15, 0.2) is 0 Å². The molecule has 0 radical (unpaired) electrons. The zero-order chi connectivity index (χ0) is 14.5. The minimum Gasteiger partial charge on any atom is -0.334 e. The fourth-order valence-electron chi connectivity index (χ4n) is 2.14. The van der Waals surface area contributed by atoms with Crippen molar-refractivity contribution in [2.75, 3.05) is 13.1 Å². The Kier molecular flexibility index (Phi) is 5.90. The Balaban J connectivity index is 2.48. The van der Waals surface area contributed by atoms with Gasteiger partial charge in [-0.15, -0.1) is 0 Å². The average molecular weight is 281 g/mol. The second-order valence-corrected chi connectivity index (χ2v) is 5.28. The molecule has 7 heteroatoms. The van der Waals surface area contributed by atoms with Crippen LogP contribution in [0.2, 0.25) is 0 Å². The van der Waals surface area contributed by atoms with Crippen molar-refractivity contribution in [3.05, 3.63) is 0 Å². The van der Waals surface area contributed by atoms with Gasteiger partial charge in [-0.05, 0) is 25.3 Å². The fraction of sp³-hybridized carbons (Fsp3) is 0.917. The topological polar surface area (TPSA) is 53.2 Å². The molecule has 0 aromatic rings. The van der Waals surface area contributed by atoms with E-state index in [9.17, 15) is 18.0 Å². The molecule has 1 heterocycles. The Bertz CT molecular complexity index is 286. The molecule has 0 spiro atoms. The van der Waals surface area contributed by atoms with E-state index in [1.54, 1.807) is 0 Å². The summed E-state index contributed by atoms with van der Waals surface area (Å²) in [7, 11) is 0. The molecular formula is C12H22F3N3O. The van der Waals surface area contributed by atoms with Crippen LogP contribution in [0, 0.1) is 5.92 Å². The number of hydrogen-bond donors (Lipinski definition) is 3. The molecule has 2 amide bonds. The molecule has 1 aliphatic rings. The van der Waals surface area contributed by atoms with Gasteiger partial charge in [-0.25, -0.2) is 4.79 Å². The van der Waals surface area contributed by atoms with E-state index in [1.807, 2.05) is 5.32 Å². The first-order chi connectivity index (χ1) is 8.80. The normalized spacial score (nSPS) is 22.7. The number of amides is 2. The highest BCUT2D eigenvalue weighted by Crippen LogP contribution is 2.25. The van der Waals surface area contributed by atoms with E-state index in [2.05, 4.69) is 10.6 Å². The van der Waals surface area contributed by atoms with Gasteiger partial charge in [-0.3, -0.25) is 0 Å². The summed E-state index contributed by atoms with van der Waals surface area (Å²) >= 11 is 0. The van der Waals surface area contributed by atoms with Crippen LogP contribution in [0.3, 0.4) is 0 Å². The Hall–Kier alpha value is -0.980. The Morgan fingerprint density at radius 2 is 2.00 bits per heavy atom. The van der Waals surface area contributed by atoms with Gasteiger partial charge in [-0.2, -0.15) is 13.2 Å². The molecule has 1 unspecified atom stereocenters. The van der Waals surface area contributed by atoms with Gasteiger partial charge in [0.05, 0.1) is 0 Å². The first-order valence-corrected chi connectivity index (χ1v) is 6.65. The van der Waals surface area contributed by atoms with Crippen molar-refractivity contribution >= 4 is 6.03 Å². The van der Waals surface area contributed by atoms with E-state index in [0.29, 0.717) is 6.54 Å². The van der Waals surface area contributed by atoms with Crippen LogP contribution >= 0.6 is 0 Å². The molecule has 3 N–H and O–H groups in total. The van der Waals surface area contributed by atoms with E-state index in [-0.39, 0.29) is 6.04 Å². The molecule has 4 nitrogen and oxygen atoms in total. The fourth-order valence-corrected chi connectivity index (χ4v) is 2.14. The monoisotopic (exact) mass is 281 g/mol. The number of carbonyl (C=O) groups is 1. The molecule has 112 valence electrons. The number of urea groups is 1. The third-order valence-electron chi connectivity index (χ3n) is 3.19. The predicted octanol–water partition coefficient (Wildman–Crippen LogP) is 2.01. The molecule has 1 rings (SSSR count). The molecule has 0 bridgehead atoms. The molecule has 0 aromatic heterocycles. The van der Waals surface area contributed by atoms with Gasteiger partial charge in [0.2, 0.25) is 0 Å². The van der Waals surface area contributed by atoms with E-state index >= 15 is 0 Å². The highest BCUT2D eigenvalue weighted by molar-refractivity contribution is 5.74. The number of carbonyl (C=O) groups excluding carboxylic acids is 1. The summed E-state index contributed by atoms with van der Waals surface area (Å²) < 4.78 is 38.2. The minimum absolute atomic E-state index is 0.108. The van der Waals surface area contributed by atoms with Gasteiger partial charge in [-0.1, -0.05) is 20.3 Å². The third-order valence-corrected chi connectivity index (χ3v) is 3.19. The van der Waals surface area contributed by atoms with Gasteiger partial charge in [0.15, 0.2) is 0 Å². The maximum atomic E-state index is 12.7. The zero-order valence-corrected chi connectivity index (χ0v) is 11.3. The summed E-state index contributed by atoms with van der Waals surface area (Å²) in [5, 5.41) is 7.77. The molecule has 2 atom stereocenters. The summed E-state index contributed by atoms with van der Waals surface area (Å²) in [5.41, 5.74) is 0. The summed E-state index contributed by atoms with van der Waals surface area (Å²) in [6, 6.07) is -2.67. The Labute approximate surface area is 111 Å². The van der Waals surface area contributed by atoms with Crippen molar-refractivity contribution in [1.82, 2.24) is 16.0 Å². The van der Waals surface area contributed by atoms with Crippen LogP contribution < -0.4 is 16.0 Å². The highest BCUT2D eigenvalue weighted by Gasteiger charge is 2.42. The Morgan fingerprint density at radius 3 is 2.58 bits per heavy atom. The summed E-state index contributed by atoms with van der Waals surface area (Å²) in [6.45, 7) is 4.36. The van der Waals surface area contributed by atoms with Crippen molar-refractivity contribution in [3.63, 3.8) is 0 Å². The number of halogens is 3. The van der Waals surface area contributed by atoms with Crippen LogP contribution in [-0.2, 0) is 0 Å². The average Bonchev–Trinajstić information content (AvgIpc) is 2.52. The van der Waals surface area contributed by atoms with Crippen molar-refractivity contribution in [3.8, 4) is 0 Å². The maximum Gasteiger partial charge on any atom is 0.408 e. The van der Waals surface area contributed by atoms with Gasteiger partial charge in [0.25, 0.3) is 0 Å². The summed E-state index contributed by atoms with van der Waals surface area (Å²) in [6.07, 6.45) is -1.65. The van der Waals surface area contributed by atoms with Gasteiger partial charge < -0.3 is 16.0 Å². The van der Waals surface area contributed by atoms with E-state index in [4.69, 9.17) is 0 Å². The third kappa shape index (κ3) is 5.67. The van der Waals surface area contributed by atoms with Crippen LogP contribution in [0.1, 0.15) is 33.1 Å². The SMILES string of the molecule is CC(C)[C@H](NC(=O)NC1CCCCNC1)C(F)(F)F. The Morgan fingerprint density at radius 1 is 1.32 bits per heavy atom. The number of rotatable bonds is 3. The second kappa shape index (κ2) is 6.98. The lowest BCUT2D eigenvalue weighted by Gasteiger charge is -2.26. The lowest BCUT2D eigenvalue weighted by molar-refractivity contribution is -0.162. The van der Waals surface area contributed by atoms with Crippen LogP contribution in [0.4, 0.5) is 18.0 Å². The van der Waals surface area contributed by atoms with Gasteiger partial charge in [0, 0.05) is 12.6 Å². The number of hydrogen-bond acceptors (Lipinski definition) is 2. The van der Waals surface area contributed by atoms with Crippen molar-refractivity contribution in [1.29, 1.82) is 0 Å². The van der Waals surface area contributed by atoms with Gasteiger partial charge >= 0.3 is 12.2 Å². The van der Waals surface area contributed by atoms with Crippen LogP contribution in [-0.4, -0.2) is 37.4 Å². The first kappa shape index (κ1) is 16.1. The van der Waals surface area contributed by atoms with Crippen molar-refractivity contribution in [2.45, 2.75) is 51.4 Å². The highest BCUT2D eigenvalue weighted by atomic mass is 19.4. The molecule has 1 saturated heterocycles. The molecule has 0 saturated carbocycles. The van der Waals surface area contributed by atoms with Crippen LogP contribution in [0.25, 0.3) is 0 Å². The lowest BCUT2D eigenvalue weighted by atomic mass is 10.0. The standard InChI is InChI=1S/C12H22F3N3O/c1-8(2)10(12(13,14)15)18-11(19)17-9-5-3-4-6-16-7-9/h8-10,16H,3-7H2,1-2H3,(H2,17,18,19)/t9?,10-/m0/s1. The zero-order valence-electron chi connectivity index (χ0n) is 11.3. The van der Waals surface area contributed by atoms with Crippen LogP contribution in [0.5, 0.6) is 0 Å². The predicted molar refractivity (Wildman–Crippen MR) is 66.9 cm³/mol. The number of nitrogens with one attached hydrogen (secondary N) is 3. The minimum atomic E-state index is -4.42. The van der Waals surface area contributed by atoms with Crippen molar-refractivity contribution < 1.29 is 18.0 Å². The maximum absolute atomic E-state index is 12.7. The molecule has 0 aliphatic carbocycles. The lowest BCUT2D eigenvalue weighted by Crippen LogP contribution is -2.54. The largest absolute Gasteiger partial charge is 0.408 e. The molecule has 19 heavy (non-hydrogen) atoms. The van der Waals surface area contributed by atoms with E-state index < -0.39 is 24.2 Å². The van der Waals surface area contributed by atoms with Gasteiger partial charge in [0.1, 0.15) is 6.04 Å². The van der Waals surface area contributed by atoms with E-state index in [1.165, 1.54) is 13.8 Å². The van der Waals surface area contributed by atoms with E-state index in [0.717, 1.165) is 25.8 Å². The molecule has 1 fully saturated rings. The first-order valence-electron chi connectivity index (χ1n) is 6.65. The molecule has 1 aliphatic heterocycles. The summed E-state index contributed by atoms with van der Waals surface area (Å²) in [4.78, 5) is 11.6. The van der Waals surface area contributed by atoms with Crippen molar-refractivity contribution in [2.24, 2.45) is 5.92 Å². The second-order valence-electron chi connectivity index (χ2n) is 5.28. The smallest absolute Gasteiger partial charge is 0.334 e. The quantitative estimate of drug-likeness (QED) is 0.741. The molecule has 0 aromatic carbocycles. The molecular weight excluding hydrogens is 259 g/mol. The number of alkyl halides is 3. The summed E-state index contributed by atoms with van der Waals surface area (Å²) in [5.74, 6) is -0.696.